The average Bonchev–Trinajstić information content (AvgIpc) is 2.78. The van der Waals surface area contributed by atoms with Crippen LogP contribution >= 0.6 is 11.6 Å². The lowest BCUT2D eigenvalue weighted by molar-refractivity contribution is -0.123. The summed E-state index contributed by atoms with van der Waals surface area (Å²) < 4.78 is 33.4. The Morgan fingerprint density at radius 3 is 2.38 bits per heavy atom. The summed E-state index contributed by atoms with van der Waals surface area (Å²) in [6.45, 7) is 3.62. The summed E-state index contributed by atoms with van der Waals surface area (Å²) in [5.74, 6) is 0.161. The van der Waals surface area contributed by atoms with Gasteiger partial charge in [-0.3, -0.25) is 4.79 Å². The standard InChI is InChI=1S/C24H25ClN2O4S/c1-17-14-22(32(29,30)26-15-19-6-4-3-5-7-19)12-13-23(17)31-16-24(28)27-18(2)20-8-10-21(25)11-9-20/h3-14,18,26H,15-16H2,1-2H3,(H,27,28). The van der Waals surface area contributed by atoms with Crippen LogP contribution in [0.5, 0.6) is 5.75 Å². The molecule has 1 amide bonds. The van der Waals surface area contributed by atoms with Gasteiger partial charge in [0.1, 0.15) is 5.75 Å². The first-order chi connectivity index (χ1) is 15.2. The zero-order chi connectivity index (χ0) is 23.1. The molecule has 0 fully saturated rings. The lowest BCUT2D eigenvalue weighted by Crippen LogP contribution is -2.31. The predicted molar refractivity (Wildman–Crippen MR) is 125 cm³/mol. The molecule has 0 heterocycles. The molecule has 0 saturated carbocycles. The van der Waals surface area contributed by atoms with E-state index in [4.69, 9.17) is 16.3 Å². The molecule has 0 radical (unpaired) electrons. The molecule has 1 unspecified atom stereocenters. The van der Waals surface area contributed by atoms with Gasteiger partial charge >= 0.3 is 0 Å². The summed E-state index contributed by atoms with van der Waals surface area (Å²) in [4.78, 5) is 12.4. The van der Waals surface area contributed by atoms with Gasteiger partial charge in [-0.25, -0.2) is 13.1 Å². The second-order valence-electron chi connectivity index (χ2n) is 7.37. The third-order valence-electron chi connectivity index (χ3n) is 4.87. The number of carbonyl (C=O) groups excluding carboxylic acids is 1. The van der Waals surface area contributed by atoms with E-state index >= 15 is 0 Å². The lowest BCUT2D eigenvalue weighted by atomic mass is 10.1. The molecule has 0 aliphatic rings. The van der Waals surface area contributed by atoms with Crippen LogP contribution in [0, 0.1) is 6.92 Å². The number of halogens is 1. The van der Waals surface area contributed by atoms with E-state index in [1.54, 1.807) is 25.1 Å². The van der Waals surface area contributed by atoms with E-state index < -0.39 is 10.0 Å². The molecule has 0 aromatic heterocycles. The van der Waals surface area contributed by atoms with Crippen molar-refractivity contribution in [2.24, 2.45) is 0 Å². The molecule has 0 bridgehead atoms. The van der Waals surface area contributed by atoms with Crippen molar-refractivity contribution in [2.75, 3.05) is 6.61 Å². The molecular weight excluding hydrogens is 448 g/mol. The Hall–Kier alpha value is -2.87. The van der Waals surface area contributed by atoms with Gasteiger partial charge in [0, 0.05) is 11.6 Å². The van der Waals surface area contributed by atoms with E-state index in [2.05, 4.69) is 10.0 Å². The van der Waals surface area contributed by atoms with Gasteiger partial charge in [-0.15, -0.1) is 0 Å². The molecule has 6 nitrogen and oxygen atoms in total. The zero-order valence-electron chi connectivity index (χ0n) is 17.8. The zero-order valence-corrected chi connectivity index (χ0v) is 19.4. The van der Waals surface area contributed by atoms with Crippen molar-refractivity contribution in [3.05, 3.63) is 94.5 Å². The van der Waals surface area contributed by atoms with Crippen molar-refractivity contribution in [1.29, 1.82) is 0 Å². The van der Waals surface area contributed by atoms with Crippen LogP contribution in [0.15, 0.2) is 77.7 Å². The minimum absolute atomic E-state index is 0.138. The van der Waals surface area contributed by atoms with Crippen molar-refractivity contribution in [2.45, 2.75) is 31.3 Å². The molecular formula is C24H25ClN2O4S. The summed E-state index contributed by atoms with van der Waals surface area (Å²) in [6.07, 6.45) is 0. The fraction of sp³-hybridized carbons (Fsp3) is 0.208. The predicted octanol–water partition coefficient (Wildman–Crippen LogP) is 4.38. The number of nitrogens with one attached hydrogen (secondary N) is 2. The second-order valence-corrected chi connectivity index (χ2v) is 9.57. The first-order valence-electron chi connectivity index (χ1n) is 10.1. The SMILES string of the molecule is Cc1cc(S(=O)(=O)NCc2ccccc2)ccc1OCC(=O)NC(C)c1ccc(Cl)cc1. The maximum Gasteiger partial charge on any atom is 0.258 e. The highest BCUT2D eigenvalue weighted by atomic mass is 35.5. The van der Waals surface area contributed by atoms with E-state index in [1.807, 2.05) is 49.4 Å². The van der Waals surface area contributed by atoms with Crippen LogP contribution in [0.4, 0.5) is 0 Å². The Labute approximate surface area is 193 Å². The number of ether oxygens (including phenoxy) is 1. The molecule has 8 heteroatoms. The second kappa shape index (κ2) is 10.6. The maximum absolute atomic E-state index is 12.6. The summed E-state index contributed by atoms with van der Waals surface area (Å²) in [7, 11) is -3.67. The van der Waals surface area contributed by atoms with Gasteiger partial charge in [-0.05, 0) is 60.9 Å². The quantitative estimate of drug-likeness (QED) is 0.484. The summed E-state index contributed by atoms with van der Waals surface area (Å²) in [5, 5.41) is 3.49. The number of hydrogen-bond donors (Lipinski definition) is 2. The van der Waals surface area contributed by atoms with Crippen molar-refractivity contribution < 1.29 is 17.9 Å². The molecule has 32 heavy (non-hydrogen) atoms. The van der Waals surface area contributed by atoms with E-state index in [9.17, 15) is 13.2 Å². The van der Waals surface area contributed by atoms with Crippen molar-refractivity contribution in [3.63, 3.8) is 0 Å². The molecule has 0 spiro atoms. The molecule has 0 aliphatic carbocycles. The van der Waals surface area contributed by atoms with Gasteiger partial charge in [0.05, 0.1) is 10.9 Å². The van der Waals surface area contributed by atoms with Crippen molar-refractivity contribution in [3.8, 4) is 5.75 Å². The Kier molecular flexibility index (Phi) is 7.90. The monoisotopic (exact) mass is 472 g/mol. The maximum atomic E-state index is 12.6. The Balaban J connectivity index is 1.56. The van der Waals surface area contributed by atoms with E-state index in [-0.39, 0.29) is 30.0 Å². The van der Waals surface area contributed by atoms with Crippen LogP contribution in [0.1, 0.15) is 29.7 Å². The fourth-order valence-electron chi connectivity index (χ4n) is 3.07. The Morgan fingerprint density at radius 2 is 1.72 bits per heavy atom. The van der Waals surface area contributed by atoms with Gasteiger partial charge in [0.15, 0.2) is 6.61 Å². The van der Waals surface area contributed by atoms with Gasteiger partial charge in [0.2, 0.25) is 10.0 Å². The van der Waals surface area contributed by atoms with Gasteiger partial charge in [0.25, 0.3) is 5.91 Å². The largest absolute Gasteiger partial charge is 0.484 e. The topological polar surface area (TPSA) is 84.5 Å². The van der Waals surface area contributed by atoms with Crippen molar-refractivity contribution in [1.82, 2.24) is 10.0 Å². The molecule has 3 rings (SSSR count). The van der Waals surface area contributed by atoms with Crippen LogP contribution in [0.25, 0.3) is 0 Å². The molecule has 0 aliphatic heterocycles. The summed E-state index contributed by atoms with van der Waals surface area (Å²) in [6, 6.07) is 20.9. The van der Waals surface area contributed by atoms with E-state index in [1.165, 1.54) is 12.1 Å². The smallest absolute Gasteiger partial charge is 0.258 e. The van der Waals surface area contributed by atoms with E-state index in [0.717, 1.165) is 11.1 Å². The highest BCUT2D eigenvalue weighted by Crippen LogP contribution is 2.22. The molecule has 168 valence electrons. The van der Waals surface area contributed by atoms with Crippen molar-refractivity contribution >= 4 is 27.5 Å². The number of sulfonamides is 1. The Bertz CT molecular complexity index is 1170. The number of amides is 1. The molecule has 1 atom stereocenters. The lowest BCUT2D eigenvalue weighted by Gasteiger charge is -2.16. The average molecular weight is 473 g/mol. The van der Waals surface area contributed by atoms with Crippen LogP contribution in [0.3, 0.4) is 0 Å². The number of carbonyl (C=O) groups is 1. The molecule has 0 saturated heterocycles. The normalized spacial score (nSPS) is 12.2. The highest BCUT2D eigenvalue weighted by Gasteiger charge is 2.16. The van der Waals surface area contributed by atoms with Crippen LogP contribution in [0.2, 0.25) is 5.02 Å². The Morgan fingerprint density at radius 1 is 1.03 bits per heavy atom. The van der Waals surface area contributed by atoms with Crippen LogP contribution in [-0.4, -0.2) is 20.9 Å². The third kappa shape index (κ3) is 6.56. The third-order valence-corrected chi connectivity index (χ3v) is 6.52. The van der Waals surface area contributed by atoms with Crippen LogP contribution < -0.4 is 14.8 Å². The number of hydrogen-bond acceptors (Lipinski definition) is 4. The molecule has 3 aromatic rings. The summed E-state index contributed by atoms with van der Waals surface area (Å²) in [5.41, 5.74) is 2.41. The van der Waals surface area contributed by atoms with E-state index in [0.29, 0.717) is 16.3 Å². The number of aryl methyl sites for hydroxylation is 1. The highest BCUT2D eigenvalue weighted by molar-refractivity contribution is 7.89. The number of benzene rings is 3. The van der Waals surface area contributed by atoms with Gasteiger partial charge in [-0.2, -0.15) is 0 Å². The van der Waals surface area contributed by atoms with Crippen LogP contribution in [-0.2, 0) is 21.4 Å². The van der Waals surface area contributed by atoms with Gasteiger partial charge < -0.3 is 10.1 Å². The first kappa shape index (κ1) is 23.8. The first-order valence-corrected chi connectivity index (χ1v) is 11.9. The van der Waals surface area contributed by atoms with Gasteiger partial charge in [-0.1, -0.05) is 54.1 Å². The minimum Gasteiger partial charge on any atom is -0.484 e. The minimum atomic E-state index is -3.67. The number of rotatable bonds is 9. The molecule has 3 aromatic carbocycles. The fourth-order valence-corrected chi connectivity index (χ4v) is 4.30. The summed E-state index contributed by atoms with van der Waals surface area (Å²) >= 11 is 5.89. The molecule has 2 N–H and O–H groups in total.